The Morgan fingerprint density at radius 2 is 2.27 bits per heavy atom. The third-order valence-corrected chi connectivity index (χ3v) is 2.29. The van der Waals surface area contributed by atoms with E-state index in [0.29, 0.717) is 17.4 Å². The highest BCUT2D eigenvalue weighted by molar-refractivity contribution is 6.30. The number of nitrogens with zero attached hydrogens (tertiary/aromatic N) is 2. The molecule has 0 aliphatic heterocycles. The summed E-state index contributed by atoms with van der Waals surface area (Å²) in [6.45, 7) is 1.89. The summed E-state index contributed by atoms with van der Waals surface area (Å²) in [5.74, 6) is 0.602. The van der Waals surface area contributed by atoms with Gasteiger partial charge in [-0.15, -0.1) is 0 Å². The summed E-state index contributed by atoms with van der Waals surface area (Å²) in [4.78, 5) is 7.88. The lowest BCUT2D eigenvalue weighted by molar-refractivity contribution is 0.105. The highest BCUT2D eigenvalue weighted by Crippen LogP contribution is 2.19. The third kappa shape index (κ3) is 3.30. The molecule has 1 unspecified atom stereocenters. The summed E-state index contributed by atoms with van der Waals surface area (Å²) >= 11 is 5.88. The summed E-state index contributed by atoms with van der Waals surface area (Å²) < 4.78 is 0. The van der Waals surface area contributed by atoms with E-state index >= 15 is 0 Å². The highest BCUT2D eigenvalue weighted by atomic mass is 35.5. The van der Waals surface area contributed by atoms with Crippen LogP contribution in [0.1, 0.15) is 12.5 Å². The van der Waals surface area contributed by atoms with E-state index in [4.69, 9.17) is 21.8 Å². The summed E-state index contributed by atoms with van der Waals surface area (Å²) in [6, 6.07) is 0. The first-order valence-electron chi connectivity index (χ1n) is 4.71. The monoisotopic (exact) mass is 231 g/mol. The molecule has 5 nitrogen and oxygen atoms in total. The minimum Gasteiger partial charge on any atom is -0.394 e. The summed E-state index contributed by atoms with van der Waals surface area (Å²) in [6.07, 6.45) is 1.26. The van der Waals surface area contributed by atoms with E-state index in [-0.39, 0.29) is 13.2 Å². The van der Waals surface area contributed by atoms with Crippen LogP contribution in [0.15, 0.2) is 6.33 Å². The van der Waals surface area contributed by atoms with Crippen LogP contribution in [0.4, 0.5) is 5.82 Å². The van der Waals surface area contributed by atoms with Crippen molar-refractivity contribution in [3.63, 3.8) is 0 Å². The average molecular weight is 232 g/mol. The molecule has 0 fully saturated rings. The molecule has 0 saturated carbocycles. The molecule has 1 rings (SSSR count). The Bertz CT molecular complexity index is 322. The number of aliphatic hydroxyl groups is 2. The molecule has 1 aromatic heterocycles. The predicted octanol–water partition coefficient (Wildman–Crippen LogP) is 0.457. The second-order valence-electron chi connectivity index (χ2n) is 3.06. The maximum atomic E-state index is 9.16. The smallest absolute Gasteiger partial charge is 0.137 e. The second-order valence-corrected chi connectivity index (χ2v) is 3.42. The Morgan fingerprint density at radius 3 is 2.87 bits per heavy atom. The predicted molar refractivity (Wildman–Crippen MR) is 58.0 cm³/mol. The normalized spacial score (nSPS) is 12.5. The van der Waals surface area contributed by atoms with Crippen LogP contribution < -0.4 is 5.32 Å². The fourth-order valence-corrected chi connectivity index (χ4v) is 1.40. The number of rotatable bonds is 5. The molecule has 0 bridgehead atoms. The van der Waals surface area contributed by atoms with Crippen LogP contribution in [0, 0.1) is 0 Å². The lowest BCUT2D eigenvalue weighted by atomic mass is 10.2. The molecule has 0 radical (unpaired) electrons. The van der Waals surface area contributed by atoms with Gasteiger partial charge in [-0.3, -0.25) is 0 Å². The van der Waals surface area contributed by atoms with Crippen molar-refractivity contribution < 1.29 is 10.2 Å². The van der Waals surface area contributed by atoms with Crippen LogP contribution >= 0.6 is 11.6 Å². The van der Waals surface area contributed by atoms with Gasteiger partial charge in [0.1, 0.15) is 17.3 Å². The number of halogens is 1. The van der Waals surface area contributed by atoms with Crippen LogP contribution in [0.2, 0.25) is 5.15 Å². The van der Waals surface area contributed by atoms with Crippen LogP contribution in [-0.2, 0) is 6.42 Å². The van der Waals surface area contributed by atoms with Gasteiger partial charge in [0.25, 0.3) is 0 Å². The van der Waals surface area contributed by atoms with Crippen LogP contribution in [0.25, 0.3) is 0 Å². The quantitative estimate of drug-likeness (QED) is 0.642. The molecule has 0 aliphatic rings. The molecule has 0 aromatic carbocycles. The molecule has 84 valence electrons. The molecule has 1 heterocycles. The fraction of sp³-hybridized carbons (Fsp3) is 0.556. The molecule has 0 saturated heterocycles. The molecule has 1 atom stereocenters. The zero-order valence-electron chi connectivity index (χ0n) is 8.44. The molecule has 0 spiro atoms. The number of hydrogen-bond donors (Lipinski definition) is 3. The van der Waals surface area contributed by atoms with Gasteiger partial charge in [-0.1, -0.05) is 18.5 Å². The Kier molecular flexibility index (Phi) is 4.74. The van der Waals surface area contributed by atoms with Crippen molar-refractivity contribution in [3.05, 3.63) is 17.0 Å². The molecular formula is C9H14ClN3O2. The van der Waals surface area contributed by atoms with E-state index in [9.17, 15) is 0 Å². The zero-order chi connectivity index (χ0) is 11.3. The molecule has 6 heteroatoms. The SMILES string of the molecule is CCc1c(Cl)ncnc1NCC(O)CO. The van der Waals surface area contributed by atoms with Crippen molar-refractivity contribution in [3.8, 4) is 0 Å². The molecule has 3 N–H and O–H groups in total. The van der Waals surface area contributed by atoms with Crippen LogP contribution in [-0.4, -0.2) is 39.4 Å². The summed E-state index contributed by atoms with van der Waals surface area (Å²) in [5.41, 5.74) is 0.810. The van der Waals surface area contributed by atoms with Gasteiger partial charge < -0.3 is 15.5 Å². The van der Waals surface area contributed by atoms with Gasteiger partial charge in [0.05, 0.1) is 12.7 Å². The second kappa shape index (κ2) is 5.85. The maximum absolute atomic E-state index is 9.16. The van der Waals surface area contributed by atoms with Crippen molar-refractivity contribution in [2.75, 3.05) is 18.5 Å². The van der Waals surface area contributed by atoms with Crippen LogP contribution in [0.3, 0.4) is 0 Å². The van der Waals surface area contributed by atoms with Crippen molar-refractivity contribution in [2.45, 2.75) is 19.4 Å². The number of anilines is 1. The third-order valence-electron chi connectivity index (χ3n) is 1.96. The van der Waals surface area contributed by atoms with Gasteiger partial charge in [0.15, 0.2) is 0 Å². The van der Waals surface area contributed by atoms with Gasteiger partial charge >= 0.3 is 0 Å². The van der Waals surface area contributed by atoms with E-state index in [1.165, 1.54) is 6.33 Å². The number of aromatic nitrogens is 2. The van der Waals surface area contributed by atoms with Gasteiger partial charge in [0.2, 0.25) is 0 Å². The van der Waals surface area contributed by atoms with Gasteiger partial charge in [-0.05, 0) is 6.42 Å². The maximum Gasteiger partial charge on any atom is 0.137 e. The molecular weight excluding hydrogens is 218 g/mol. The van der Waals surface area contributed by atoms with Crippen LogP contribution in [0.5, 0.6) is 0 Å². The van der Waals surface area contributed by atoms with Gasteiger partial charge in [-0.25, -0.2) is 9.97 Å². The minimum absolute atomic E-state index is 0.233. The van der Waals surface area contributed by atoms with Gasteiger partial charge in [0, 0.05) is 12.1 Å². The van der Waals surface area contributed by atoms with Crippen molar-refractivity contribution in [2.24, 2.45) is 0 Å². The lowest BCUT2D eigenvalue weighted by Crippen LogP contribution is -2.24. The standard InChI is InChI=1S/C9H14ClN3O2/c1-2-7-8(10)12-5-13-9(7)11-3-6(15)4-14/h5-6,14-15H,2-4H2,1H3,(H,11,12,13). The van der Waals surface area contributed by atoms with E-state index in [0.717, 1.165) is 5.56 Å². The topological polar surface area (TPSA) is 78.3 Å². The Morgan fingerprint density at radius 1 is 1.53 bits per heavy atom. The highest BCUT2D eigenvalue weighted by Gasteiger charge is 2.09. The first-order chi connectivity index (χ1) is 7.19. The molecule has 0 amide bonds. The first-order valence-corrected chi connectivity index (χ1v) is 5.09. The number of aliphatic hydroxyl groups excluding tert-OH is 2. The average Bonchev–Trinajstić information content (AvgIpc) is 2.25. The van der Waals surface area contributed by atoms with E-state index in [2.05, 4.69) is 15.3 Å². The Labute approximate surface area is 93.1 Å². The number of hydrogen-bond acceptors (Lipinski definition) is 5. The zero-order valence-corrected chi connectivity index (χ0v) is 9.20. The lowest BCUT2D eigenvalue weighted by Gasteiger charge is -2.12. The fourth-order valence-electron chi connectivity index (χ4n) is 1.14. The van der Waals surface area contributed by atoms with E-state index in [1.807, 2.05) is 6.92 Å². The molecule has 15 heavy (non-hydrogen) atoms. The van der Waals surface area contributed by atoms with E-state index < -0.39 is 6.10 Å². The van der Waals surface area contributed by atoms with Crippen molar-refractivity contribution >= 4 is 17.4 Å². The molecule has 1 aromatic rings. The summed E-state index contributed by atoms with van der Waals surface area (Å²) in [7, 11) is 0. The minimum atomic E-state index is -0.802. The molecule has 0 aliphatic carbocycles. The number of nitrogens with one attached hydrogen (secondary N) is 1. The van der Waals surface area contributed by atoms with E-state index in [1.54, 1.807) is 0 Å². The Balaban J connectivity index is 2.72. The van der Waals surface area contributed by atoms with Gasteiger partial charge in [-0.2, -0.15) is 0 Å². The summed E-state index contributed by atoms with van der Waals surface area (Å²) in [5, 5.41) is 21.1. The van der Waals surface area contributed by atoms with Crippen molar-refractivity contribution in [1.29, 1.82) is 0 Å². The Hall–Kier alpha value is -0.910. The van der Waals surface area contributed by atoms with Crippen molar-refractivity contribution in [1.82, 2.24) is 9.97 Å². The first kappa shape index (κ1) is 12.2. The largest absolute Gasteiger partial charge is 0.394 e.